The van der Waals surface area contributed by atoms with Gasteiger partial charge in [0.2, 0.25) is 10.0 Å². The molecule has 2 aromatic rings. The van der Waals surface area contributed by atoms with E-state index in [9.17, 15) is 8.42 Å². The minimum Gasteiger partial charge on any atom is -0.307 e. The fraction of sp³-hybridized carbons (Fsp3) is 0.353. The lowest BCUT2D eigenvalue weighted by molar-refractivity contribution is 0.477. The average molecular weight is 331 g/mol. The average Bonchev–Trinajstić information content (AvgIpc) is 3.12. The van der Waals surface area contributed by atoms with E-state index in [0.717, 1.165) is 24.1 Å². The zero-order chi connectivity index (χ0) is 16.1. The fourth-order valence-electron chi connectivity index (χ4n) is 2.69. The van der Waals surface area contributed by atoms with Crippen LogP contribution in [0.3, 0.4) is 0 Å². The van der Waals surface area contributed by atoms with Gasteiger partial charge < -0.3 is 5.32 Å². The molecule has 1 aromatic carbocycles. The van der Waals surface area contributed by atoms with Gasteiger partial charge in [-0.1, -0.05) is 18.2 Å². The van der Waals surface area contributed by atoms with Crippen LogP contribution in [0.25, 0.3) is 0 Å². The maximum absolute atomic E-state index is 12.4. The van der Waals surface area contributed by atoms with E-state index >= 15 is 0 Å². The number of hydrogen-bond acceptors (Lipinski definition) is 4. The van der Waals surface area contributed by atoms with Crippen molar-refractivity contribution in [3.63, 3.8) is 0 Å². The molecule has 1 fully saturated rings. The third-order valence-corrected chi connectivity index (χ3v) is 5.90. The van der Waals surface area contributed by atoms with Crippen LogP contribution < -0.4 is 5.32 Å². The van der Waals surface area contributed by atoms with Crippen molar-refractivity contribution in [1.82, 2.24) is 14.6 Å². The number of benzene rings is 1. The molecule has 0 bridgehead atoms. The summed E-state index contributed by atoms with van der Waals surface area (Å²) in [5, 5.41) is 3.31. The van der Waals surface area contributed by atoms with Gasteiger partial charge in [-0.15, -0.1) is 0 Å². The van der Waals surface area contributed by atoms with E-state index in [4.69, 9.17) is 0 Å². The Balaban J connectivity index is 1.59. The van der Waals surface area contributed by atoms with Crippen LogP contribution in [0.5, 0.6) is 0 Å². The second-order valence-electron chi connectivity index (χ2n) is 5.68. The molecule has 0 amide bonds. The molecule has 1 aromatic heterocycles. The second kappa shape index (κ2) is 7.21. The summed E-state index contributed by atoms with van der Waals surface area (Å²) in [6, 6.07) is 13.0. The third kappa shape index (κ3) is 3.96. The normalized spacial score (nSPS) is 15.8. The Morgan fingerprint density at radius 1 is 1.00 bits per heavy atom. The quantitative estimate of drug-likeness (QED) is 0.881. The molecule has 1 aliphatic heterocycles. The first-order valence-corrected chi connectivity index (χ1v) is 9.30. The second-order valence-corrected chi connectivity index (χ2v) is 7.62. The molecular formula is C17H21N3O2S. The molecule has 1 aliphatic rings. The predicted molar refractivity (Wildman–Crippen MR) is 89.2 cm³/mol. The van der Waals surface area contributed by atoms with Crippen LogP contribution in [-0.4, -0.2) is 30.8 Å². The number of sulfonamides is 1. The van der Waals surface area contributed by atoms with Crippen LogP contribution in [-0.2, 0) is 23.1 Å². The van der Waals surface area contributed by atoms with Crippen molar-refractivity contribution in [2.24, 2.45) is 0 Å². The lowest BCUT2D eigenvalue weighted by atomic mass is 10.2. The highest BCUT2D eigenvalue weighted by Crippen LogP contribution is 2.21. The van der Waals surface area contributed by atoms with E-state index in [1.54, 1.807) is 22.6 Å². The Labute approximate surface area is 137 Å². The first-order chi connectivity index (χ1) is 11.2. The number of pyridine rings is 1. The maximum Gasteiger partial charge on any atom is 0.243 e. The fourth-order valence-corrected chi connectivity index (χ4v) is 4.21. The van der Waals surface area contributed by atoms with Gasteiger partial charge in [-0.25, -0.2) is 8.42 Å². The minimum atomic E-state index is -3.32. The molecule has 5 nitrogen and oxygen atoms in total. The number of aromatic nitrogens is 1. The van der Waals surface area contributed by atoms with E-state index in [1.165, 1.54) is 0 Å². The largest absolute Gasteiger partial charge is 0.307 e. The molecule has 0 radical (unpaired) electrons. The Morgan fingerprint density at radius 3 is 2.39 bits per heavy atom. The summed E-state index contributed by atoms with van der Waals surface area (Å²) >= 11 is 0. The maximum atomic E-state index is 12.4. The first kappa shape index (κ1) is 16.1. The zero-order valence-electron chi connectivity index (χ0n) is 13.0. The summed E-state index contributed by atoms with van der Waals surface area (Å²) in [4.78, 5) is 4.64. The summed E-state index contributed by atoms with van der Waals surface area (Å²) in [6.45, 7) is 2.64. The van der Waals surface area contributed by atoms with Crippen molar-refractivity contribution < 1.29 is 8.42 Å². The Bertz CT molecular complexity index is 724. The molecule has 23 heavy (non-hydrogen) atoms. The van der Waals surface area contributed by atoms with Gasteiger partial charge in [-0.2, -0.15) is 4.31 Å². The number of nitrogens with one attached hydrogen (secondary N) is 1. The summed E-state index contributed by atoms with van der Waals surface area (Å²) in [6.07, 6.45) is 3.68. The van der Waals surface area contributed by atoms with Crippen LogP contribution >= 0.6 is 0 Å². The number of nitrogens with zero attached hydrogens (tertiary/aromatic N) is 2. The summed E-state index contributed by atoms with van der Waals surface area (Å²) < 4.78 is 26.5. The third-order valence-electron chi connectivity index (χ3n) is 3.99. The molecule has 0 unspecified atom stereocenters. The Kier molecular flexibility index (Phi) is 5.05. The Morgan fingerprint density at radius 2 is 1.74 bits per heavy atom. The van der Waals surface area contributed by atoms with Crippen LogP contribution in [0.1, 0.15) is 24.1 Å². The molecule has 122 valence electrons. The van der Waals surface area contributed by atoms with Gasteiger partial charge in [-0.05, 0) is 42.7 Å². The van der Waals surface area contributed by atoms with E-state index in [1.807, 2.05) is 30.3 Å². The molecule has 0 aliphatic carbocycles. The van der Waals surface area contributed by atoms with Gasteiger partial charge >= 0.3 is 0 Å². The van der Waals surface area contributed by atoms with Crippen molar-refractivity contribution in [1.29, 1.82) is 0 Å². The smallest absolute Gasteiger partial charge is 0.243 e. The molecule has 0 saturated carbocycles. The van der Waals surface area contributed by atoms with Crippen LogP contribution in [0.15, 0.2) is 53.6 Å². The highest BCUT2D eigenvalue weighted by Gasteiger charge is 2.26. The molecule has 1 saturated heterocycles. The van der Waals surface area contributed by atoms with Gasteiger partial charge in [0.25, 0.3) is 0 Å². The lowest BCUT2D eigenvalue weighted by Gasteiger charge is -2.15. The first-order valence-electron chi connectivity index (χ1n) is 7.86. The van der Waals surface area contributed by atoms with Gasteiger partial charge in [0.15, 0.2) is 0 Å². The van der Waals surface area contributed by atoms with E-state index in [0.29, 0.717) is 31.1 Å². The minimum absolute atomic E-state index is 0.382. The molecule has 0 spiro atoms. The summed E-state index contributed by atoms with van der Waals surface area (Å²) in [5.74, 6) is 0. The lowest BCUT2D eigenvalue weighted by Crippen LogP contribution is -2.27. The predicted octanol–water partition coefficient (Wildman–Crippen LogP) is 2.16. The highest BCUT2D eigenvalue weighted by molar-refractivity contribution is 7.89. The van der Waals surface area contributed by atoms with Crippen LogP contribution in [0.2, 0.25) is 0 Å². The molecular weight excluding hydrogens is 310 g/mol. The van der Waals surface area contributed by atoms with Crippen LogP contribution in [0, 0.1) is 0 Å². The Hall–Kier alpha value is -1.76. The molecule has 6 heteroatoms. The zero-order valence-corrected chi connectivity index (χ0v) is 13.8. The van der Waals surface area contributed by atoms with E-state index in [-0.39, 0.29) is 0 Å². The van der Waals surface area contributed by atoms with Gasteiger partial charge in [-0.3, -0.25) is 4.98 Å². The van der Waals surface area contributed by atoms with Crippen molar-refractivity contribution in [3.8, 4) is 0 Å². The van der Waals surface area contributed by atoms with E-state index in [2.05, 4.69) is 10.3 Å². The van der Waals surface area contributed by atoms with E-state index < -0.39 is 10.0 Å². The number of rotatable bonds is 6. The highest BCUT2D eigenvalue weighted by atomic mass is 32.2. The van der Waals surface area contributed by atoms with Crippen molar-refractivity contribution in [3.05, 3.63) is 59.9 Å². The van der Waals surface area contributed by atoms with Crippen LogP contribution in [0.4, 0.5) is 0 Å². The summed E-state index contributed by atoms with van der Waals surface area (Å²) in [5.41, 5.74) is 2.04. The van der Waals surface area contributed by atoms with Crippen molar-refractivity contribution in [2.45, 2.75) is 30.8 Å². The molecule has 2 heterocycles. The summed E-state index contributed by atoms with van der Waals surface area (Å²) in [7, 11) is -3.32. The van der Waals surface area contributed by atoms with Gasteiger partial charge in [0.05, 0.1) is 10.6 Å². The van der Waals surface area contributed by atoms with Gasteiger partial charge in [0, 0.05) is 32.4 Å². The van der Waals surface area contributed by atoms with Crippen molar-refractivity contribution in [2.75, 3.05) is 13.1 Å². The number of hydrogen-bond donors (Lipinski definition) is 1. The molecule has 0 atom stereocenters. The molecule has 3 rings (SSSR count). The van der Waals surface area contributed by atoms with Crippen molar-refractivity contribution >= 4 is 10.0 Å². The monoisotopic (exact) mass is 331 g/mol. The molecule has 1 N–H and O–H groups in total. The van der Waals surface area contributed by atoms with Gasteiger partial charge in [0.1, 0.15) is 0 Å². The topological polar surface area (TPSA) is 62.3 Å². The standard InChI is InChI=1S/C17H21N3O2S/c21-23(22,20-11-3-4-12-20)17-8-6-15(7-9-17)13-18-14-16-5-1-2-10-19-16/h1-2,5-10,18H,3-4,11-14H2. The SMILES string of the molecule is O=S(=O)(c1ccc(CNCc2ccccn2)cc1)N1CCCC1.